The van der Waals surface area contributed by atoms with Gasteiger partial charge in [0.15, 0.2) is 23.0 Å². The van der Waals surface area contributed by atoms with E-state index in [1.807, 2.05) is 36.4 Å². The summed E-state index contributed by atoms with van der Waals surface area (Å²) < 4.78 is 21.6. The van der Waals surface area contributed by atoms with Crippen molar-refractivity contribution in [2.45, 2.75) is 19.0 Å². The van der Waals surface area contributed by atoms with Crippen LogP contribution in [0.5, 0.6) is 23.0 Å². The quantitative estimate of drug-likeness (QED) is 0.570. The van der Waals surface area contributed by atoms with E-state index in [0.717, 1.165) is 11.1 Å². The van der Waals surface area contributed by atoms with Crippen molar-refractivity contribution in [2.75, 3.05) is 26.3 Å². The van der Waals surface area contributed by atoms with Gasteiger partial charge < -0.3 is 29.2 Å². The number of amides is 2. The number of hydrogen-bond donors (Lipinski definition) is 1. The van der Waals surface area contributed by atoms with E-state index in [4.69, 9.17) is 18.9 Å². The number of hydrogen-bond acceptors (Lipinski definition) is 6. The summed E-state index contributed by atoms with van der Waals surface area (Å²) in [6.45, 7) is 0.580. The average Bonchev–Trinajstić information content (AvgIpc) is 3.46. The lowest BCUT2D eigenvalue weighted by atomic mass is 10.0. The minimum atomic E-state index is -0.506. The first kappa shape index (κ1) is 21.6. The van der Waals surface area contributed by atoms with Crippen LogP contribution in [0.25, 0.3) is 0 Å². The second kappa shape index (κ2) is 8.97. The molecule has 8 nitrogen and oxygen atoms in total. The third kappa shape index (κ3) is 3.98. The fourth-order valence-electron chi connectivity index (χ4n) is 4.36. The van der Waals surface area contributed by atoms with Crippen molar-refractivity contribution in [1.82, 2.24) is 4.90 Å². The van der Waals surface area contributed by atoms with Gasteiger partial charge in [0.1, 0.15) is 0 Å². The molecule has 0 bridgehead atoms. The molecule has 0 saturated carbocycles. The molecule has 0 aliphatic carbocycles. The minimum absolute atomic E-state index is 0.0592. The van der Waals surface area contributed by atoms with E-state index in [2.05, 4.69) is 5.32 Å². The van der Waals surface area contributed by atoms with Gasteiger partial charge in [-0.2, -0.15) is 0 Å². The number of anilines is 1. The minimum Gasteiger partial charge on any atom is -0.493 e. The summed E-state index contributed by atoms with van der Waals surface area (Å²) in [5.74, 6) is 1.99. The molecular weight excluding hydrogens is 436 g/mol. The summed E-state index contributed by atoms with van der Waals surface area (Å²) >= 11 is 0. The van der Waals surface area contributed by atoms with E-state index in [1.165, 1.54) is 0 Å². The number of fused-ring (bicyclic) bond motifs is 2. The summed E-state index contributed by atoms with van der Waals surface area (Å²) in [6.07, 6.45) is 0.0592. The maximum atomic E-state index is 13.3. The van der Waals surface area contributed by atoms with Gasteiger partial charge in [0.05, 0.1) is 26.7 Å². The van der Waals surface area contributed by atoms with Crippen LogP contribution in [0.15, 0.2) is 60.7 Å². The van der Waals surface area contributed by atoms with Gasteiger partial charge in [-0.25, -0.2) is 0 Å². The molecule has 0 fully saturated rings. The highest BCUT2D eigenvalue weighted by molar-refractivity contribution is 5.99. The maximum absolute atomic E-state index is 13.3. The number of nitrogens with zero attached hydrogens (tertiary/aromatic N) is 1. The molecule has 1 unspecified atom stereocenters. The molecule has 0 spiro atoms. The van der Waals surface area contributed by atoms with Crippen LogP contribution >= 0.6 is 0 Å². The Morgan fingerprint density at radius 3 is 2.59 bits per heavy atom. The van der Waals surface area contributed by atoms with Crippen LogP contribution < -0.4 is 24.3 Å². The molecule has 3 aromatic carbocycles. The van der Waals surface area contributed by atoms with E-state index < -0.39 is 6.04 Å². The van der Waals surface area contributed by atoms with E-state index in [-0.39, 0.29) is 25.0 Å². The van der Waals surface area contributed by atoms with Crippen molar-refractivity contribution in [3.8, 4) is 23.0 Å². The fraction of sp³-hybridized carbons (Fsp3) is 0.231. The summed E-state index contributed by atoms with van der Waals surface area (Å²) in [6, 6.07) is 17.7. The Morgan fingerprint density at radius 2 is 1.79 bits per heavy atom. The zero-order valence-corrected chi connectivity index (χ0v) is 18.9. The summed E-state index contributed by atoms with van der Waals surface area (Å²) in [5.41, 5.74) is 2.97. The third-order valence-corrected chi connectivity index (χ3v) is 6.05. The number of rotatable bonds is 7. The molecule has 2 amide bonds. The Bertz CT molecular complexity index is 1260. The van der Waals surface area contributed by atoms with Crippen LogP contribution in [0, 0.1) is 0 Å². The largest absolute Gasteiger partial charge is 0.493 e. The van der Waals surface area contributed by atoms with Crippen molar-refractivity contribution < 1.29 is 28.5 Å². The summed E-state index contributed by atoms with van der Waals surface area (Å²) in [5, 5.41) is 2.91. The summed E-state index contributed by atoms with van der Waals surface area (Å²) in [4.78, 5) is 28.1. The molecule has 3 aromatic rings. The number of nitrogens with one attached hydrogen (secondary N) is 1. The molecule has 174 valence electrons. The maximum Gasteiger partial charge on any atom is 0.255 e. The standard InChI is InChI=1S/C26H24N2O6/c1-31-21-9-7-16(11-23(21)32-2)20(28-14-17-5-3-4-6-19(17)26(28)30)13-25(29)27-18-8-10-22-24(12-18)34-15-33-22/h3-12,20H,13-15H2,1-2H3,(H,27,29). The number of benzene rings is 3. The second-order valence-corrected chi connectivity index (χ2v) is 8.04. The molecule has 0 aromatic heterocycles. The monoisotopic (exact) mass is 460 g/mol. The van der Waals surface area contributed by atoms with Crippen molar-refractivity contribution >= 4 is 17.5 Å². The van der Waals surface area contributed by atoms with Crippen LogP contribution in [-0.4, -0.2) is 37.7 Å². The average molecular weight is 460 g/mol. The first-order valence-electron chi connectivity index (χ1n) is 10.9. The first-order valence-corrected chi connectivity index (χ1v) is 10.9. The highest BCUT2D eigenvalue weighted by Gasteiger charge is 2.35. The molecule has 2 heterocycles. The van der Waals surface area contributed by atoms with Crippen LogP contribution in [0.4, 0.5) is 5.69 Å². The molecule has 0 radical (unpaired) electrons. The topological polar surface area (TPSA) is 86.3 Å². The lowest BCUT2D eigenvalue weighted by Crippen LogP contribution is -2.32. The molecule has 5 rings (SSSR count). The molecule has 1 N–H and O–H groups in total. The Balaban J connectivity index is 1.43. The normalized spacial score (nSPS) is 14.5. The Kier molecular flexibility index (Phi) is 5.71. The Hall–Kier alpha value is -4.20. The third-order valence-electron chi connectivity index (χ3n) is 6.05. The molecule has 1 atom stereocenters. The second-order valence-electron chi connectivity index (χ2n) is 8.04. The molecule has 8 heteroatoms. The van der Waals surface area contributed by atoms with E-state index in [9.17, 15) is 9.59 Å². The van der Waals surface area contributed by atoms with Gasteiger partial charge in [0.25, 0.3) is 5.91 Å². The van der Waals surface area contributed by atoms with Gasteiger partial charge in [-0.15, -0.1) is 0 Å². The predicted molar refractivity (Wildman–Crippen MR) is 124 cm³/mol. The number of carbonyl (C=O) groups excluding carboxylic acids is 2. The first-order chi connectivity index (χ1) is 16.6. The molecule has 0 saturated heterocycles. The zero-order valence-electron chi connectivity index (χ0n) is 18.9. The van der Waals surface area contributed by atoms with Crippen LogP contribution in [0.1, 0.15) is 33.9 Å². The van der Waals surface area contributed by atoms with E-state index in [0.29, 0.717) is 40.8 Å². The van der Waals surface area contributed by atoms with Gasteiger partial charge in [-0.3, -0.25) is 9.59 Å². The van der Waals surface area contributed by atoms with Crippen molar-refractivity contribution in [1.29, 1.82) is 0 Å². The molecule has 2 aliphatic rings. The lowest BCUT2D eigenvalue weighted by Gasteiger charge is -2.28. The number of methoxy groups -OCH3 is 2. The SMILES string of the molecule is COc1ccc(C(CC(=O)Nc2ccc3c(c2)OCO3)N2Cc3ccccc3C2=O)cc1OC. The van der Waals surface area contributed by atoms with Crippen LogP contribution in [-0.2, 0) is 11.3 Å². The lowest BCUT2D eigenvalue weighted by molar-refractivity contribution is -0.117. The van der Waals surface area contributed by atoms with Gasteiger partial charge in [-0.1, -0.05) is 24.3 Å². The van der Waals surface area contributed by atoms with Gasteiger partial charge in [-0.05, 0) is 41.5 Å². The van der Waals surface area contributed by atoms with Crippen LogP contribution in [0.2, 0.25) is 0 Å². The molecule has 34 heavy (non-hydrogen) atoms. The number of ether oxygens (including phenoxy) is 4. The Morgan fingerprint density at radius 1 is 1.00 bits per heavy atom. The highest BCUT2D eigenvalue weighted by Crippen LogP contribution is 2.38. The highest BCUT2D eigenvalue weighted by atomic mass is 16.7. The Labute approximate surface area is 197 Å². The number of carbonyl (C=O) groups is 2. The van der Waals surface area contributed by atoms with Gasteiger partial charge >= 0.3 is 0 Å². The predicted octanol–water partition coefficient (Wildman–Crippen LogP) is 4.16. The van der Waals surface area contributed by atoms with Crippen molar-refractivity contribution in [3.63, 3.8) is 0 Å². The molecular formula is C26H24N2O6. The van der Waals surface area contributed by atoms with Gasteiger partial charge in [0, 0.05) is 23.9 Å². The fourth-order valence-corrected chi connectivity index (χ4v) is 4.36. The van der Waals surface area contributed by atoms with Crippen molar-refractivity contribution in [2.24, 2.45) is 0 Å². The van der Waals surface area contributed by atoms with Gasteiger partial charge in [0.2, 0.25) is 12.7 Å². The van der Waals surface area contributed by atoms with Crippen LogP contribution in [0.3, 0.4) is 0 Å². The van der Waals surface area contributed by atoms with Crippen molar-refractivity contribution in [3.05, 3.63) is 77.4 Å². The van der Waals surface area contributed by atoms with E-state index in [1.54, 1.807) is 43.4 Å². The van der Waals surface area contributed by atoms with E-state index >= 15 is 0 Å². The zero-order chi connectivity index (χ0) is 23.7. The summed E-state index contributed by atoms with van der Waals surface area (Å²) in [7, 11) is 3.12. The smallest absolute Gasteiger partial charge is 0.255 e. The molecule has 2 aliphatic heterocycles.